The third-order valence-corrected chi connectivity index (χ3v) is 2.27. The van der Waals surface area contributed by atoms with E-state index >= 15 is 0 Å². The fourth-order valence-corrected chi connectivity index (χ4v) is 1.40. The van der Waals surface area contributed by atoms with Crippen LogP contribution < -0.4 is 11.1 Å². The summed E-state index contributed by atoms with van der Waals surface area (Å²) in [4.78, 5) is 28.8. The first-order chi connectivity index (χ1) is 9.08. The number of nitro groups is 1. The summed E-state index contributed by atoms with van der Waals surface area (Å²) >= 11 is 0. The summed E-state index contributed by atoms with van der Waals surface area (Å²) in [6, 6.07) is 6.13. The Morgan fingerprint density at radius 2 is 2.00 bits per heavy atom. The predicted octanol–water partition coefficient (Wildman–Crippen LogP) is 1.23. The highest BCUT2D eigenvalue weighted by Gasteiger charge is 2.13. The zero-order valence-corrected chi connectivity index (χ0v) is 9.61. The van der Waals surface area contributed by atoms with Crippen LogP contribution in [0.15, 0.2) is 36.7 Å². The van der Waals surface area contributed by atoms with E-state index in [0.29, 0.717) is 0 Å². The van der Waals surface area contributed by atoms with E-state index in [2.05, 4.69) is 15.3 Å². The third-order valence-electron chi connectivity index (χ3n) is 2.27. The quantitative estimate of drug-likeness (QED) is 0.628. The van der Waals surface area contributed by atoms with E-state index in [-0.39, 0.29) is 22.9 Å². The summed E-state index contributed by atoms with van der Waals surface area (Å²) in [5.41, 5.74) is 5.26. The zero-order valence-electron chi connectivity index (χ0n) is 9.61. The number of carbonyl (C=O) groups excluding carboxylic acids is 1. The summed E-state index contributed by atoms with van der Waals surface area (Å²) in [6.45, 7) is 0. The standard InChI is InChI=1S/C11H9N5O3/c12-11(17)8-5-14-10(6-13-8)15-7-3-1-2-4-9(7)16(18)19/h1-6H,(H2,12,17)(H,14,15). The van der Waals surface area contributed by atoms with Crippen molar-refractivity contribution in [3.63, 3.8) is 0 Å². The van der Waals surface area contributed by atoms with Crippen LogP contribution in [0.2, 0.25) is 0 Å². The molecule has 0 unspecified atom stereocenters. The average Bonchev–Trinajstić information content (AvgIpc) is 2.39. The van der Waals surface area contributed by atoms with Crippen LogP contribution in [0.25, 0.3) is 0 Å². The highest BCUT2D eigenvalue weighted by Crippen LogP contribution is 2.25. The number of amides is 1. The van der Waals surface area contributed by atoms with E-state index in [4.69, 9.17) is 5.73 Å². The molecule has 8 nitrogen and oxygen atoms in total. The molecule has 0 spiro atoms. The minimum atomic E-state index is -0.690. The number of para-hydroxylation sites is 2. The second-order valence-corrected chi connectivity index (χ2v) is 3.55. The van der Waals surface area contributed by atoms with Crippen molar-refractivity contribution < 1.29 is 9.72 Å². The van der Waals surface area contributed by atoms with Crippen LogP contribution in [0.1, 0.15) is 10.5 Å². The van der Waals surface area contributed by atoms with Gasteiger partial charge in [-0.25, -0.2) is 9.97 Å². The van der Waals surface area contributed by atoms with Crippen LogP contribution in [-0.4, -0.2) is 20.8 Å². The maximum absolute atomic E-state index is 10.8. The first kappa shape index (κ1) is 12.4. The van der Waals surface area contributed by atoms with Crippen molar-refractivity contribution >= 4 is 23.1 Å². The van der Waals surface area contributed by atoms with E-state index in [1.54, 1.807) is 18.2 Å². The van der Waals surface area contributed by atoms with E-state index in [9.17, 15) is 14.9 Å². The van der Waals surface area contributed by atoms with Crippen molar-refractivity contribution in [3.8, 4) is 0 Å². The van der Waals surface area contributed by atoms with E-state index < -0.39 is 10.8 Å². The molecule has 0 radical (unpaired) electrons. The highest BCUT2D eigenvalue weighted by molar-refractivity contribution is 5.90. The van der Waals surface area contributed by atoms with Crippen LogP contribution in [-0.2, 0) is 0 Å². The Morgan fingerprint density at radius 1 is 1.26 bits per heavy atom. The number of carbonyl (C=O) groups is 1. The lowest BCUT2D eigenvalue weighted by Crippen LogP contribution is -2.13. The fourth-order valence-electron chi connectivity index (χ4n) is 1.40. The average molecular weight is 259 g/mol. The van der Waals surface area contributed by atoms with Crippen molar-refractivity contribution in [2.24, 2.45) is 5.73 Å². The molecule has 8 heteroatoms. The number of nitro benzene ring substituents is 1. The normalized spacial score (nSPS) is 9.89. The van der Waals surface area contributed by atoms with Gasteiger partial charge in [-0.15, -0.1) is 0 Å². The minimum absolute atomic E-state index is 0.0214. The molecule has 1 aromatic carbocycles. The minimum Gasteiger partial charge on any atom is -0.364 e. The van der Waals surface area contributed by atoms with Gasteiger partial charge in [-0.1, -0.05) is 12.1 Å². The molecular formula is C11H9N5O3. The van der Waals surface area contributed by atoms with Crippen molar-refractivity contribution in [1.82, 2.24) is 9.97 Å². The molecule has 0 bridgehead atoms. The Hall–Kier alpha value is -3.03. The van der Waals surface area contributed by atoms with Gasteiger partial charge in [0.2, 0.25) is 0 Å². The molecule has 0 fully saturated rings. The van der Waals surface area contributed by atoms with Gasteiger partial charge in [0.25, 0.3) is 11.6 Å². The maximum Gasteiger partial charge on any atom is 0.292 e. The molecular weight excluding hydrogens is 250 g/mol. The molecule has 96 valence electrons. The van der Waals surface area contributed by atoms with Crippen molar-refractivity contribution in [2.75, 3.05) is 5.32 Å². The second-order valence-electron chi connectivity index (χ2n) is 3.55. The summed E-state index contributed by atoms with van der Waals surface area (Å²) in [6.07, 6.45) is 2.47. The van der Waals surface area contributed by atoms with Gasteiger partial charge in [-0.3, -0.25) is 14.9 Å². The number of hydrogen-bond acceptors (Lipinski definition) is 6. The molecule has 0 aliphatic heterocycles. The van der Waals surface area contributed by atoms with Gasteiger partial charge in [-0.2, -0.15) is 0 Å². The van der Waals surface area contributed by atoms with Crippen LogP contribution in [0.5, 0.6) is 0 Å². The molecule has 2 rings (SSSR count). The number of nitrogens with zero attached hydrogens (tertiary/aromatic N) is 3. The Bertz CT molecular complexity index is 626. The molecule has 0 atom stereocenters. The molecule has 19 heavy (non-hydrogen) atoms. The Morgan fingerprint density at radius 3 is 2.58 bits per heavy atom. The summed E-state index contributed by atoms with van der Waals surface area (Å²) in [5, 5.41) is 13.6. The number of rotatable bonds is 4. The lowest BCUT2D eigenvalue weighted by Gasteiger charge is -2.05. The van der Waals surface area contributed by atoms with Gasteiger partial charge >= 0.3 is 0 Å². The zero-order chi connectivity index (χ0) is 13.8. The van der Waals surface area contributed by atoms with E-state index in [0.717, 1.165) is 0 Å². The van der Waals surface area contributed by atoms with Gasteiger partial charge in [0.15, 0.2) is 0 Å². The number of nitrogens with two attached hydrogens (primary N) is 1. The van der Waals surface area contributed by atoms with Gasteiger partial charge < -0.3 is 11.1 Å². The van der Waals surface area contributed by atoms with Crippen molar-refractivity contribution in [3.05, 3.63) is 52.5 Å². The number of nitrogens with one attached hydrogen (secondary N) is 1. The molecule has 1 heterocycles. The number of benzene rings is 1. The van der Waals surface area contributed by atoms with Gasteiger partial charge in [0.05, 0.1) is 17.3 Å². The van der Waals surface area contributed by atoms with Crippen LogP contribution in [0, 0.1) is 10.1 Å². The molecule has 1 amide bonds. The highest BCUT2D eigenvalue weighted by atomic mass is 16.6. The molecule has 0 aliphatic rings. The maximum atomic E-state index is 10.8. The second kappa shape index (κ2) is 5.08. The summed E-state index contributed by atoms with van der Waals surface area (Å²) < 4.78 is 0. The first-order valence-electron chi connectivity index (χ1n) is 5.20. The molecule has 1 aromatic heterocycles. The predicted molar refractivity (Wildman–Crippen MR) is 66.9 cm³/mol. The van der Waals surface area contributed by atoms with Crippen molar-refractivity contribution in [2.45, 2.75) is 0 Å². The number of aromatic nitrogens is 2. The molecule has 0 saturated carbocycles. The Balaban J connectivity index is 2.26. The van der Waals surface area contributed by atoms with E-state index in [1.807, 2.05) is 0 Å². The number of hydrogen-bond donors (Lipinski definition) is 2. The molecule has 2 aromatic rings. The van der Waals surface area contributed by atoms with Gasteiger partial charge in [0.1, 0.15) is 17.2 Å². The van der Waals surface area contributed by atoms with E-state index in [1.165, 1.54) is 18.5 Å². The molecule has 3 N–H and O–H groups in total. The topological polar surface area (TPSA) is 124 Å². The van der Waals surface area contributed by atoms with Crippen LogP contribution >= 0.6 is 0 Å². The molecule has 0 aliphatic carbocycles. The largest absolute Gasteiger partial charge is 0.364 e. The monoisotopic (exact) mass is 259 g/mol. The lowest BCUT2D eigenvalue weighted by atomic mass is 10.2. The summed E-state index contributed by atoms with van der Waals surface area (Å²) in [7, 11) is 0. The lowest BCUT2D eigenvalue weighted by molar-refractivity contribution is -0.383. The number of anilines is 2. The smallest absolute Gasteiger partial charge is 0.292 e. The Kier molecular flexibility index (Phi) is 3.33. The third kappa shape index (κ3) is 2.80. The fraction of sp³-hybridized carbons (Fsp3) is 0. The van der Waals surface area contributed by atoms with Crippen molar-refractivity contribution in [1.29, 1.82) is 0 Å². The Labute approximate surface area is 107 Å². The van der Waals surface area contributed by atoms with Crippen LogP contribution in [0.4, 0.5) is 17.2 Å². The van der Waals surface area contributed by atoms with Gasteiger partial charge in [-0.05, 0) is 6.07 Å². The van der Waals surface area contributed by atoms with Crippen LogP contribution in [0.3, 0.4) is 0 Å². The SMILES string of the molecule is NC(=O)c1cnc(Nc2ccccc2[N+](=O)[O-])cn1. The van der Waals surface area contributed by atoms with Gasteiger partial charge in [0, 0.05) is 6.07 Å². The number of primary amides is 1. The summed E-state index contributed by atoms with van der Waals surface area (Å²) in [5.74, 6) is -0.413. The molecule has 0 saturated heterocycles. The first-order valence-corrected chi connectivity index (χ1v) is 5.20.